The number of nitrogens with zero attached hydrogens (tertiary/aromatic N) is 1. The van der Waals surface area contributed by atoms with Gasteiger partial charge in [0, 0.05) is 23.1 Å². The quantitative estimate of drug-likeness (QED) is 0.642. The Labute approximate surface area is 159 Å². The molecule has 0 aliphatic carbocycles. The van der Waals surface area contributed by atoms with Gasteiger partial charge < -0.3 is 15.4 Å². The smallest absolute Gasteiger partial charge is 0.255 e. The Morgan fingerprint density at radius 3 is 2.59 bits per heavy atom. The van der Waals surface area contributed by atoms with Crippen molar-refractivity contribution in [1.82, 2.24) is 4.98 Å². The minimum Gasteiger partial charge on any atom is -0.494 e. The zero-order chi connectivity index (χ0) is 19.2. The Hall–Kier alpha value is -3.34. The van der Waals surface area contributed by atoms with Gasteiger partial charge >= 0.3 is 0 Å². The highest BCUT2D eigenvalue weighted by molar-refractivity contribution is 6.05. The lowest BCUT2D eigenvalue weighted by Crippen LogP contribution is -2.13. The van der Waals surface area contributed by atoms with E-state index >= 15 is 0 Å². The van der Waals surface area contributed by atoms with Gasteiger partial charge in [0.15, 0.2) is 0 Å². The second kappa shape index (κ2) is 8.36. The third-order valence-corrected chi connectivity index (χ3v) is 4.31. The number of ether oxygens (including phenoxy) is 1. The fraction of sp³-hybridized carbons (Fsp3) is 0.182. The summed E-state index contributed by atoms with van der Waals surface area (Å²) in [6.07, 6.45) is 1.62. The van der Waals surface area contributed by atoms with Crippen molar-refractivity contribution in [2.75, 3.05) is 17.2 Å². The molecule has 1 heterocycles. The van der Waals surface area contributed by atoms with Crippen molar-refractivity contribution in [1.29, 1.82) is 0 Å². The predicted molar refractivity (Wildman–Crippen MR) is 109 cm³/mol. The summed E-state index contributed by atoms with van der Waals surface area (Å²) in [7, 11) is 0. The van der Waals surface area contributed by atoms with Crippen LogP contribution in [0.3, 0.4) is 0 Å². The molecule has 0 spiro atoms. The number of hydrogen-bond acceptors (Lipinski definition) is 4. The van der Waals surface area contributed by atoms with Crippen LogP contribution in [0.15, 0.2) is 60.8 Å². The zero-order valence-electron chi connectivity index (χ0n) is 15.7. The van der Waals surface area contributed by atoms with E-state index in [4.69, 9.17) is 4.74 Å². The molecule has 3 rings (SSSR count). The van der Waals surface area contributed by atoms with Crippen LogP contribution in [0, 0.1) is 13.8 Å². The van der Waals surface area contributed by atoms with Crippen molar-refractivity contribution < 1.29 is 9.53 Å². The molecule has 0 radical (unpaired) electrons. The van der Waals surface area contributed by atoms with Gasteiger partial charge in [0.2, 0.25) is 0 Å². The van der Waals surface area contributed by atoms with Crippen molar-refractivity contribution in [3.8, 4) is 5.75 Å². The van der Waals surface area contributed by atoms with Crippen LogP contribution in [-0.4, -0.2) is 17.5 Å². The van der Waals surface area contributed by atoms with Crippen molar-refractivity contribution in [3.05, 3.63) is 77.5 Å². The van der Waals surface area contributed by atoms with Crippen LogP contribution >= 0.6 is 0 Å². The number of carbonyl (C=O) groups is 1. The Morgan fingerprint density at radius 2 is 1.85 bits per heavy atom. The molecule has 138 valence electrons. The molecule has 0 saturated heterocycles. The van der Waals surface area contributed by atoms with Crippen molar-refractivity contribution >= 4 is 23.1 Å². The highest BCUT2D eigenvalue weighted by Crippen LogP contribution is 2.21. The number of pyridine rings is 1. The lowest BCUT2D eigenvalue weighted by molar-refractivity contribution is 0.102. The minimum absolute atomic E-state index is 0.166. The first kappa shape index (κ1) is 18.5. The highest BCUT2D eigenvalue weighted by Gasteiger charge is 2.10. The molecule has 0 fully saturated rings. The van der Waals surface area contributed by atoms with E-state index in [0.29, 0.717) is 18.0 Å². The average molecular weight is 361 g/mol. The van der Waals surface area contributed by atoms with E-state index in [1.165, 1.54) is 0 Å². The van der Waals surface area contributed by atoms with E-state index in [2.05, 4.69) is 15.6 Å². The van der Waals surface area contributed by atoms with Crippen LogP contribution in [0.1, 0.15) is 28.4 Å². The molecule has 1 aromatic heterocycles. The summed E-state index contributed by atoms with van der Waals surface area (Å²) in [5.41, 5.74) is 4.43. The Bertz CT molecular complexity index is 937. The first-order valence-electron chi connectivity index (χ1n) is 8.90. The normalized spacial score (nSPS) is 10.3. The lowest BCUT2D eigenvalue weighted by atomic mass is 10.1. The van der Waals surface area contributed by atoms with Gasteiger partial charge in [-0.1, -0.05) is 12.1 Å². The van der Waals surface area contributed by atoms with Crippen LogP contribution < -0.4 is 15.4 Å². The summed E-state index contributed by atoms with van der Waals surface area (Å²) >= 11 is 0. The molecule has 0 unspecified atom stereocenters. The Kier molecular flexibility index (Phi) is 5.71. The Balaban J connectivity index is 1.72. The molecule has 0 atom stereocenters. The number of nitrogens with one attached hydrogen (secondary N) is 2. The van der Waals surface area contributed by atoms with E-state index in [-0.39, 0.29) is 5.91 Å². The summed E-state index contributed by atoms with van der Waals surface area (Å²) < 4.78 is 5.44. The van der Waals surface area contributed by atoms with E-state index in [1.54, 1.807) is 18.3 Å². The third-order valence-electron chi connectivity index (χ3n) is 4.31. The van der Waals surface area contributed by atoms with E-state index < -0.39 is 0 Å². The number of carbonyl (C=O) groups excluding carboxylic acids is 1. The van der Waals surface area contributed by atoms with E-state index in [0.717, 1.165) is 28.3 Å². The molecule has 1 amide bonds. The lowest BCUT2D eigenvalue weighted by Gasteiger charge is -2.11. The van der Waals surface area contributed by atoms with Crippen molar-refractivity contribution in [2.45, 2.75) is 20.8 Å². The van der Waals surface area contributed by atoms with Gasteiger partial charge in [0.05, 0.1) is 6.61 Å². The summed E-state index contributed by atoms with van der Waals surface area (Å²) in [6.45, 7) is 6.60. The molecule has 5 heteroatoms. The van der Waals surface area contributed by atoms with Crippen molar-refractivity contribution in [2.24, 2.45) is 0 Å². The molecule has 3 aromatic rings. The van der Waals surface area contributed by atoms with E-state index in [9.17, 15) is 4.79 Å². The van der Waals surface area contributed by atoms with Crippen LogP contribution in [0.4, 0.5) is 17.2 Å². The maximum absolute atomic E-state index is 12.6. The summed E-state index contributed by atoms with van der Waals surface area (Å²) in [5.74, 6) is 1.26. The number of benzene rings is 2. The van der Waals surface area contributed by atoms with Gasteiger partial charge in [-0.2, -0.15) is 0 Å². The molecule has 0 bridgehead atoms. The van der Waals surface area contributed by atoms with Crippen molar-refractivity contribution in [3.63, 3.8) is 0 Å². The van der Waals surface area contributed by atoms with Gasteiger partial charge in [0.25, 0.3) is 5.91 Å². The van der Waals surface area contributed by atoms with Crippen LogP contribution in [-0.2, 0) is 0 Å². The largest absolute Gasteiger partial charge is 0.494 e. The second-order valence-corrected chi connectivity index (χ2v) is 6.21. The van der Waals surface area contributed by atoms with Gasteiger partial charge in [-0.15, -0.1) is 0 Å². The molecule has 2 aromatic carbocycles. The van der Waals surface area contributed by atoms with Gasteiger partial charge in [-0.05, 0) is 74.4 Å². The number of aryl methyl sites for hydroxylation is 1. The second-order valence-electron chi connectivity index (χ2n) is 6.21. The van der Waals surface area contributed by atoms with Crippen LogP contribution in [0.2, 0.25) is 0 Å². The average Bonchev–Trinajstić information content (AvgIpc) is 2.67. The number of aromatic nitrogens is 1. The first-order valence-corrected chi connectivity index (χ1v) is 8.90. The number of amides is 1. The topological polar surface area (TPSA) is 63.2 Å². The van der Waals surface area contributed by atoms with E-state index in [1.807, 2.05) is 63.2 Å². The fourth-order valence-electron chi connectivity index (χ4n) is 2.67. The molecule has 0 aliphatic rings. The predicted octanol–water partition coefficient (Wildman–Crippen LogP) is 5.09. The number of rotatable bonds is 6. The maximum atomic E-state index is 12.6. The molecular weight excluding hydrogens is 338 g/mol. The summed E-state index contributed by atoms with van der Waals surface area (Å²) in [6, 6.07) is 16.9. The molecule has 27 heavy (non-hydrogen) atoms. The number of anilines is 3. The minimum atomic E-state index is -0.166. The zero-order valence-corrected chi connectivity index (χ0v) is 15.7. The standard InChI is InChI=1S/C22H23N3O2/c1-4-27-19-10-8-18(9-11-19)24-21-14-17(12-13-23-21)22(26)25-20-7-5-6-15(2)16(20)3/h5-14H,4H2,1-3H3,(H,23,24)(H,25,26). The SMILES string of the molecule is CCOc1ccc(Nc2cc(C(=O)Nc3cccc(C)c3C)ccn2)cc1. The highest BCUT2D eigenvalue weighted by atomic mass is 16.5. The first-order chi connectivity index (χ1) is 13.1. The third kappa shape index (κ3) is 4.64. The van der Waals surface area contributed by atoms with Gasteiger partial charge in [-0.3, -0.25) is 4.79 Å². The Morgan fingerprint density at radius 1 is 1.07 bits per heavy atom. The van der Waals surface area contributed by atoms with Gasteiger partial charge in [0.1, 0.15) is 11.6 Å². The fourth-order valence-corrected chi connectivity index (χ4v) is 2.67. The molecule has 0 aliphatic heterocycles. The molecule has 5 nitrogen and oxygen atoms in total. The summed E-state index contributed by atoms with van der Waals surface area (Å²) in [5, 5.41) is 6.18. The van der Waals surface area contributed by atoms with Gasteiger partial charge in [-0.25, -0.2) is 4.98 Å². The van der Waals surface area contributed by atoms with Crippen LogP contribution in [0.5, 0.6) is 5.75 Å². The molecule has 0 saturated carbocycles. The maximum Gasteiger partial charge on any atom is 0.255 e. The number of hydrogen-bond donors (Lipinski definition) is 2. The molecular formula is C22H23N3O2. The summed E-state index contributed by atoms with van der Waals surface area (Å²) in [4.78, 5) is 16.9. The molecule has 2 N–H and O–H groups in total. The monoisotopic (exact) mass is 361 g/mol. The van der Waals surface area contributed by atoms with Crippen LogP contribution in [0.25, 0.3) is 0 Å².